The van der Waals surface area contributed by atoms with Crippen LogP contribution in [0.25, 0.3) is 0 Å². The average molecular weight is 518 g/mol. The molecule has 1 saturated carbocycles. The molecule has 0 spiro atoms. The van der Waals surface area contributed by atoms with Gasteiger partial charge in [0, 0.05) is 0 Å². The molecule has 0 bridgehead atoms. The average Bonchev–Trinajstić information content (AvgIpc) is 3.54. The smallest absolute Gasteiger partial charge is 0.455 e. The highest BCUT2D eigenvalue weighted by molar-refractivity contribution is 7.86. The highest BCUT2D eigenvalue weighted by Gasteiger charge is 2.70. The Bertz CT molecular complexity index is 949. The molecule has 3 unspecified atom stereocenters. The lowest BCUT2D eigenvalue weighted by molar-refractivity contribution is -0.381. The second-order valence-corrected chi connectivity index (χ2v) is 9.61. The molecule has 0 aromatic heterocycles. The zero-order valence-electron chi connectivity index (χ0n) is 17.7. The second kappa shape index (κ2) is 10.0. The van der Waals surface area contributed by atoms with E-state index < -0.39 is 58.9 Å². The van der Waals surface area contributed by atoms with E-state index in [9.17, 15) is 35.2 Å². The Morgan fingerprint density at radius 3 is 2.24 bits per heavy atom. The summed E-state index contributed by atoms with van der Waals surface area (Å²) >= 11 is 0. The van der Waals surface area contributed by atoms with Gasteiger partial charge in [-0.25, -0.2) is 4.79 Å². The van der Waals surface area contributed by atoms with Gasteiger partial charge in [0.1, 0.15) is 19.3 Å². The van der Waals surface area contributed by atoms with E-state index in [2.05, 4.69) is 9.47 Å². The van der Waals surface area contributed by atoms with Crippen molar-refractivity contribution in [3.8, 4) is 0 Å². The summed E-state index contributed by atoms with van der Waals surface area (Å²) in [5, 5.41) is -5.17. The fraction of sp³-hybridized carbons (Fsp3) is 0.650. The van der Waals surface area contributed by atoms with Crippen LogP contribution in [0.15, 0.2) is 30.3 Å². The monoisotopic (exact) mass is 518 g/mol. The van der Waals surface area contributed by atoms with E-state index in [1.807, 2.05) is 0 Å². The molecule has 0 amide bonds. The number of alkyl halides is 5. The number of ether oxygens (including phenoxy) is 4. The Morgan fingerprint density at radius 1 is 1.06 bits per heavy atom. The van der Waals surface area contributed by atoms with Crippen molar-refractivity contribution < 1.29 is 58.7 Å². The first-order valence-electron chi connectivity index (χ1n) is 10.4. The van der Waals surface area contributed by atoms with Gasteiger partial charge in [0.15, 0.2) is 6.29 Å². The summed E-state index contributed by atoms with van der Waals surface area (Å²) in [6, 6.07) is 7.50. The summed E-state index contributed by atoms with van der Waals surface area (Å²) in [7, 11) is -6.16. The topological polar surface area (TPSA) is 112 Å². The van der Waals surface area contributed by atoms with Crippen LogP contribution >= 0.6 is 0 Å². The summed E-state index contributed by atoms with van der Waals surface area (Å²) in [5.74, 6) is -6.82. The third kappa shape index (κ3) is 6.03. The Hall–Kier alpha value is -1.87. The van der Waals surface area contributed by atoms with Crippen molar-refractivity contribution >= 4 is 16.1 Å². The van der Waals surface area contributed by atoms with Crippen LogP contribution in [0.1, 0.15) is 37.7 Å². The van der Waals surface area contributed by atoms with Crippen LogP contribution in [-0.4, -0.2) is 55.2 Å². The summed E-state index contributed by atoms with van der Waals surface area (Å²) < 4.78 is 119. The molecule has 2 aliphatic rings. The molecule has 1 aliphatic carbocycles. The Labute approximate surface area is 192 Å². The molecule has 3 rings (SSSR count). The van der Waals surface area contributed by atoms with E-state index in [0.29, 0.717) is 12.8 Å². The largest absolute Gasteiger partial charge is 0.457 e. The summed E-state index contributed by atoms with van der Waals surface area (Å²) in [5.41, 5.74) is 0.276. The Morgan fingerprint density at radius 2 is 1.68 bits per heavy atom. The molecule has 1 aromatic rings. The zero-order valence-corrected chi connectivity index (χ0v) is 18.5. The van der Waals surface area contributed by atoms with Crippen molar-refractivity contribution in [1.29, 1.82) is 0 Å². The van der Waals surface area contributed by atoms with Gasteiger partial charge in [-0.2, -0.15) is 30.4 Å². The van der Waals surface area contributed by atoms with Crippen molar-refractivity contribution in [3.63, 3.8) is 0 Å². The number of hydrogen-bond acceptors (Lipinski definition) is 7. The van der Waals surface area contributed by atoms with E-state index in [-0.39, 0.29) is 11.5 Å². The fourth-order valence-electron chi connectivity index (χ4n) is 3.65. The molecule has 1 aliphatic heterocycles. The highest BCUT2D eigenvalue weighted by Crippen LogP contribution is 2.45. The highest BCUT2D eigenvalue weighted by atomic mass is 32.2. The first-order valence-corrected chi connectivity index (χ1v) is 11.8. The number of carbonyl (C=O) groups excluding carboxylic acids is 1. The molecule has 8 nitrogen and oxygen atoms in total. The van der Waals surface area contributed by atoms with Gasteiger partial charge in [-0.15, -0.1) is 0 Å². The van der Waals surface area contributed by atoms with Crippen molar-refractivity contribution in [2.45, 2.75) is 68.3 Å². The standard InChI is InChI=1S/C20H23F5O8S/c21-18(22,34(27,28)29)12-31-19(20(23,24)25,17(26)30-11-13-7-3-1-4-8-13)33-16-15(32-16)14-9-5-2-6-10-14/h1,3-4,7-8,14-16H,2,5-6,9-12H2,(H,27,28,29). The van der Waals surface area contributed by atoms with E-state index >= 15 is 0 Å². The van der Waals surface area contributed by atoms with Crippen LogP contribution in [-0.2, 0) is 40.5 Å². The minimum absolute atomic E-state index is 0.163. The van der Waals surface area contributed by atoms with Crippen LogP contribution in [0.2, 0.25) is 0 Å². The number of rotatable bonds is 10. The normalized spacial score (nSPS) is 23.8. The molecule has 3 atom stereocenters. The third-order valence-corrected chi connectivity index (χ3v) is 6.43. The summed E-state index contributed by atoms with van der Waals surface area (Å²) in [6.45, 7) is -3.22. The molecule has 1 heterocycles. The van der Waals surface area contributed by atoms with Gasteiger partial charge >= 0.3 is 33.3 Å². The number of halogens is 5. The number of epoxide rings is 1. The summed E-state index contributed by atoms with van der Waals surface area (Å²) in [4.78, 5) is 12.6. The molecular weight excluding hydrogens is 495 g/mol. The zero-order chi connectivity index (χ0) is 25.2. The van der Waals surface area contributed by atoms with Gasteiger partial charge in [-0.3, -0.25) is 4.55 Å². The lowest BCUT2D eigenvalue weighted by Crippen LogP contribution is -2.59. The quantitative estimate of drug-likeness (QED) is 0.164. The minimum Gasteiger partial charge on any atom is -0.457 e. The molecular formula is C20H23F5O8S. The van der Waals surface area contributed by atoms with Gasteiger partial charge in [-0.05, 0) is 24.3 Å². The maximum atomic E-state index is 14.1. The van der Waals surface area contributed by atoms with Gasteiger partial charge in [0.05, 0.1) is 0 Å². The SMILES string of the molecule is O=C(OCc1ccccc1)C(OCC(F)(F)S(=O)(=O)O)(OC1OC1C1CCCCC1)C(F)(F)F. The minimum atomic E-state index is -6.16. The maximum Gasteiger partial charge on any atom is 0.455 e. The molecule has 192 valence electrons. The van der Waals surface area contributed by atoms with Crippen LogP contribution in [0, 0.1) is 5.92 Å². The van der Waals surface area contributed by atoms with Crippen LogP contribution in [0.5, 0.6) is 0 Å². The predicted molar refractivity (Wildman–Crippen MR) is 104 cm³/mol. The van der Waals surface area contributed by atoms with Crippen molar-refractivity contribution in [3.05, 3.63) is 35.9 Å². The van der Waals surface area contributed by atoms with Gasteiger partial charge in [0.2, 0.25) is 0 Å². The summed E-state index contributed by atoms with van der Waals surface area (Å²) in [6.07, 6.45) is -4.36. The van der Waals surface area contributed by atoms with Crippen LogP contribution in [0.4, 0.5) is 22.0 Å². The van der Waals surface area contributed by atoms with Gasteiger partial charge < -0.3 is 18.9 Å². The fourth-order valence-corrected chi connectivity index (χ4v) is 3.86. The molecule has 1 aromatic carbocycles. The first-order chi connectivity index (χ1) is 15.8. The lowest BCUT2D eigenvalue weighted by atomic mass is 9.87. The van der Waals surface area contributed by atoms with E-state index in [1.54, 1.807) is 6.07 Å². The first kappa shape index (κ1) is 26.7. The molecule has 2 fully saturated rings. The number of hydrogen-bond donors (Lipinski definition) is 1. The Balaban J connectivity index is 1.84. The van der Waals surface area contributed by atoms with Crippen molar-refractivity contribution in [2.24, 2.45) is 5.92 Å². The number of benzene rings is 1. The molecule has 1 saturated heterocycles. The molecule has 14 heteroatoms. The van der Waals surface area contributed by atoms with Crippen molar-refractivity contribution in [1.82, 2.24) is 0 Å². The predicted octanol–water partition coefficient (Wildman–Crippen LogP) is 3.81. The maximum absolute atomic E-state index is 14.1. The molecule has 34 heavy (non-hydrogen) atoms. The second-order valence-electron chi connectivity index (χ2n) is 8.06. The van der Waals surface area contributed by atoms with E-state index in [4.69, 9.17) is 14.0 Å². The molecule has 0 radical (unpaired) electrons. The van der Waals surface area contributed by atoms with E-state index in [1.165, 1.54) is 24.3 Å². The van der Waals surface area contributed by atoms with Crippen molar-refractivity contribution in [2.75, 3.05) is 6.61 Å². The van der Waals surface area contributed by atoms with Gasteiger partial charge in [-0.1, -0.05) is 49.6 Å². The molecule has 1 N–H and O–H groups in total. The lowest BCUT2D eigenvalue weighted by Gasteiger charge is -2.33. The van der Waals surface area contributed by atoms with Crippen LogP contribution in [0.3, 0.4) is 0 Å². The van der Waals surface area contributed by atoms with Crippen LogP contribution < -0.4 is 0 Å². The van der Waals surface area contributed by atoms with E-state index in [0.717, 1.165) is 19.3 Å². The number of carbonyl (C=O) groups is 1. The number of esters is 1. The third-order valence-electron chi connectivity index (χ3n) is 5.55. The Kier molecular flexibility index (Phi) is 7.87. The van der Waals surface area contributed by atoms with Gasteiger partial charge in [0.25, 0.3) is 0 Å².